The number of aryl methyl sites for hydroxylation is 1. The first kappa shape index (κ1) is 15.1. The number of thiophene rings is 1. The Kier molecular flexibility index (Phi) is 3.73. The van der Waals surface area contributed by atoms with E-state index in [4.69, 9.17) is 0 Å². The third-order valence-corrected chi connectivity index (χ3v) is 6.68. The van der Waals surface area contributed by atoms with Crippen LogP contribution in [-0.4, -0.2) is 52.1 Å². The second-order valence-electron chi connectivity index (χ2n) is 5.29. The summed E-state index contributed by atoms with van der Waals surface area (Å²) in [6.45, 7) is 3.78. The molecule has 10 heteroatoms. The van der Waals surface area contributed by atoms with Crippen LogP contribution in [0.5, 0.6) is 0 Å². The molecule has 1 aliphatic heterocycles. The first-order valence-electron chi connectivity index (χ1n) is 6.72. The van der Waals surface area contributed by atoms with Crippen LogP contribution in [0.3, 0.4) is 0 Å². The molecule has 1 unspecified atom stereocenters. The van der Waals surface area contributed by atoms with Crippen molar-refractivity contribution in [2.24, 2.45) is 0 Å². The Morgan fingerprint density at radius 3 is 2.82 bits per heavy atom. The number of hydrogen-bond acceptors (Lipinski definition) is 7. The molecule has 22 heavy (non-hydrogen) atoms. The third-order valence-electron chi connectivity index (χ3n) is 3.72. The Morgan fingerprint density at radius 2 is 2.23 bits per heavy atom. The molecule has 0 spiro atoms. The smallest absolute Gasteiger partial charge is 0.254 e. The van der Waals surface area contributed by atoms with Crippen LogP contribution >= 0.6 is 11.3 Å². The van der Waals surface area contributed by atoms with Crippen LogP contribution in [-0.2, 0) is 9.84 Å². The molecule has 3 rings (SSSR count). The zero-order valence-corrected chi connectivity index (χ0v) is 13.7. The maximum absolute atomic E-state index is 12.6. The number of hydrogen-bond donors (Lipinski definition) is 1. The highest BCUT2D eigenvalue weighted by molar-refractivity contribution is 7.91. The van der Waals surface area contributed by atoms with Crippen molar-refractivity contribution in [3.05, 3.63) is 22.3 Å². The van der Waals surface area contributed by atoms with Gasteiger partial charge >= 0.3 is 0 Å². The lowest BCUT2D eigenvalue weighted by Gasteiger charge is -2.12. The summed E-state index contributed by atoms with van der Waals surface area (Å²) in [4.78, 5) is 13.6. The molecule has 1 atom stereocenters. The highest BCUT2D eigenvalue weighted by atomic mass is 32.2. The van der Waals surface area contributed by atoms with Gasteiger partial charge in [-0.1, -0.05) is 0 Å². The predicted octanol–water partition coefficient (Wildman–Crippen LogP) is 0.258. The van der Waals surface area contributed by atoms with Gasteiger partial charge in [0.15, 0.2) is 9.84 Å². The van der Waals surface area contributed by atoms with E-state index in [1.54, 1.807) is 0 Å². The van der Waals surface area contributed by atoms with Crippen LogP contribution in [0.15, 0.2) is 6.33 Å². The molecule has 1 fully saturated rings. The molecule has 1 aliphatic rings. The number of amides is 1. The van der Waals surface area contributed by atoms with Crippen LogP contribution < -0.4 is 5.32 Å². The standard InChI is InChI=1S/C12H15N5O3S2/c1-7-8(2)21-12(17-6-13-15-16-17)10(7)11(18)14-9-3-4-22(19,20)5-9/h6,9H,3-5H2,1-2H3,(H,14,18). The van der Waals surface area contributed by atoms with Gasteiger partial charge in [-0.2, -0.15) is 4.68 Å². The lowest BCUT2D eigenvalue weighted by atomic mass is 10.1. The van der Waals surface area contributed by atoms with Gasteiger partial charge in [-0.3, -0.25) is 4.79 Å². The summed E-state index contributed by atoms with van der Waals surface area (Å²) in [5, 5.41) is 14.5. The summed E-state index contributed by atoms with van der Waals surface area (Å²) in [6, 6.07) is -0.334. The van der Waals surface area contributed by atoms with E-state index in [1.165, 1.54) is 22.3 Å². The second kappa shape index (κ2) is 5.43. The maximum atomic E-state index is 12.6. The highest BCUT2D eigenvalue weighted by Crippen LogP contribution is 2.30. The zero-order chi connectivity index (χ0) is 15.9. The summed E-state index contributed by atoms with van der Waals surface area (Å²) >= 11 is 1.43. The van der Waals surface area contributed by atoms with Crippen molar-refractivity contribution in [3.63, 3.8) is 0 Å². The van der Waals surface area contributed by atoms with Gasteiger partial charge in [0.05, 0.1) is 17.1 Å². The number of aromatic nitrogens is 4. The molecule has 118 valence electrons. The minimum absolute atomic E-state index is 0.00111. The molecule has 0 aromatic carbocycles. The molecule has 8 nitrogen and oxygen atoms in total. The zero-order valence-electron chi connectivity index (χ0n) is 12.1. The molecule has 1 saturated heterocycles. The molecule has 0 bridgehead atoms. The SMILES string of the molecule is Cc1sc(-n2cnnn2)c(C(=O)NC2CCS(=O)(=O)C2)c1C. The molecule has 0 saturated carbocycles. The van der Waals surface area contributed by atoms with E-state index >= 15 is 0 Å². The fraction of sp³-hybridized carbons (Fsp3) is 0.500. The number of tetrazole rings is 1. The van der Waals surface area contributed by atoms with Crippen LogP contribution in [0.2, 0.25) is 0 Å². The fourth-order valence-electron chi connectivity index (χ4n) is 2.46. The molecule has 0 radical (unpaired) electrons. The number of rotatable bonds is 3. The van der Waals surface area contributed by atoms with Gasteiger partial charge in [0.1, 0.15) is 11.3 Å². The number of nitrogens with one attached hydrogen (secondary N) is 1. The van der Waals surface area contributed by atoms with Crippen molar-refractivity contribution in [1.82, 2.24) is 25.5 Å². The Morgan fingerprint density at radius 1 is 1.45 bits per heavy atom. The number of carbonyl (C=O) groups is 1. The molecular formula is C12H15N5O3S2. The number of nitrogens with zero attached hydrogens (tertiary/aromatic N) is 4. The van der Waals surface area contributed by atoms with Crippen molar-refractivity contribution in [2.45, 2.75) is 26.3 Å². The Bertz CT molecular complexity index is 810. The maximum Gasteiger partial charge on any atom is 0.254 e. The van der Waals surface area contributed by atoms with Crippen molar-refractivity contribution in [3.8, 4) is 5.00 Å². The van der Waals surface area contributed by atoms with Gasteiger partial charge in [-0.15, -0.1) is 16.4 Å². The Balaban J connectivity index is 1.90. The van der Waals surface area contributed by atoms with Crippen LogP contribution in [0, 0.1) is 13.8 Å². The van der Waals surface area contributed by atoms with E-state index in [0.717, 1.165) is 10.4 Å². The van der Waals surface area contributed by atoms with Crippen LogP contribution in [0.4, 0.5) is 0 Å². The number of sulfone groups is 1. The van der Waals surface area contributed by atoms with Crippen molar-refractivity contribution >= 4 is 27.1 Å². The first-order chi connectivity index (χ1) is 10.4. The van der Waals surface area contributed by atoms with Gasteiger partial charge in [0.25, 0.3) is 5.91 Å². The molecular weight excluding hydrogens is 326 g/mol. The monoisotopic (exact) mass is 341 g/mol. The number of carbonyl (C=O) groups excluding carboxylic acids is 1. The molecule has 2 aromatic heterocycles. The van der Waals surface area contributed by atoms with E-state index in [2.05, 4.69) is 20.8 Å². The van der Waals surface area contributed by atoms with E-state index in [9.17, 15) is 13.2 Å². The van der Waals surface area contributed by atoms with Crippen LogP contribution in [0.1, 0.15) is 27.2 Å². The normalized spacial score (nSPS) is 20.2. The average molecular weight is 341 g/mol. The third kappa shape index (κ3) is 2.75. The van der Waals surface area contributed by atoms with Crippen molar-refractivity contribution in [1.29, 1.82) is 0 Å². The summed E-state index contributed by atoms with van der Waals surface area (Å²) < 4.78 is 24.5. The molecule has 3 heterocycles. The van der Waals surface area contributed by atoms with E-state index in [0.29, 0.717) is 17.0 Å². The Labute approximate surface area is 131 Å². The average Bonchev–Trinajstić information content (AvgIpc) is 3.12. The van der Waals surface area contributed by atoms with Crippen molar-refractivity contribution < 1.29 is 13.2 Å². The van der Waals surface area contributed by atoms with E-state index < -0.39 is 9.84 Å². The van der Waals surface area contributed by atoms with Gasteiger partial charge in [-0.05, 0) is 36.3 Å². The van der Waals surface area contributed by atoms with Gasteiger partial charge in [-0.25, -0.2) is 8.42 Å². The fourth-order valence-corrected chi connectivity index (χ4v) is 5.20. The quantitative estimate of drug-likeness (QED) is 0.858. The highest BCUT2D eigenvalue weighted by Gasteiger charge is 2.31. The molecule has 2 aromatic rings. The molecule has 1 amide bonds. The summed E-state index contributed by atoms with van der Waals surface area (Å²) in [5.74, 6) is -0.157. The lowest BCUT2D eigenvalue weighted by molar-refractivity contribution is 0.0941. The Hall–Kier alpha value is -1.81. The van der Waals surface area contributed by atoms with E-state index in [1.807, 2.05) is 13.8 Å². The predicted molar refractivity (Wildman–Crippen MR) is 81.0 cm³/mol. The minimum Gasteiger partial charge on any atom is -0.348 e. The molecule has 0 aliphatic carbocycles. The van der Waals surface area contributed by atoms with Gasteiger partial charge in [0.2, 0.25) is 0 Å². The largest absolute Gasteiger partial charge is 0.348 e. The second-order valence-corrected chi connectivity index (χ2v) is 8.72. The topological polar surface area (TPSA) is 107 Å². The summed E-state index contributed by atoms with van der Waals surface area (Å²) in [5.41, 5.74) is 1.35. The van der Waals surface area contributed by atoms with Gasteiger partial charge < -0.3 is 5.32 Å². The minimum atomic E-state index is -3.03. The summed E-state index contributed by atoms with van der Waals surface area (Å²) in [7, 11) is -3.03. The van der Waals surface area contributed by atoms with E-state index in [-0.39, 0.29) is 23.5 Å². The van der Waals surface area contributed by atoms with Gasteiger partial charge in [0, 0.05) is 10.9 Å². The van der Waals surface area contributed by atoms with Crippen molar-refractivity contribution in [2.75, 3.05) is 11.5 Å². The lowest BCUT2D eigenvalue weighted by Crippen LogP contribution is -2.36. The first-order valence-corrected chi connectivity index (χ1v) is 9.36. The summed E-state index contributed by atoms with van der Waals surface area (Å²) in [6.07, 6.45) is 1.89. The van der Waals surface area contributed by atoms with Crippen LogP contribution in [0.25, 0.3) is 5.00 Å². The molecule has 1 N–H and O–H groups in total.